The number of rotatable bonds is 3. The monoisotopic (exact) mass is 287 g/mol. The summed E-state index contributed by atoms with van der Waals surface area (Å²) >= 11 is 1.59. The zero-order valence-electron chi connectivity index (χ0n) is 10.3. The van der Waals surface area contributed by atoms with Crippen molar-refractivity contribution in [1.29, 1.82) is 0 Å². The van der Waals surface area contributed by atoms with Crippen LogP contribution in [0.3, 0.4) is 0 Å². The molecular formula is C15H10FNO2S. The Morgan fingerprint density at radius 2 is 2.00 bits per heavy atom. The van der Waals surface area contributed by atoms with Crippen LogP contribution in [0.25, 0.3) is 10.6 Å². The summed E-state index contributed by atoms with van der Waals surface area (Å²) in [5, 5.41) is 11.3. The second-order valence-corrected chi connectivity index (χ2v) is 5.00. The molecule has 0 atom stereocenters. The fourth-order valence-corrected chi connectivity index (χ4v) is 2.41. The Morgan fingerprint density at radius 1 is 1.10 bits per heavy atom. The molecule has 0 aliphatic carbocycles. The van der Waals surface area contributed by atoms with Gasteiger partial charge in [-0.05, 0) is 29.6 Å². The molecule has 0 saturated carbocycles. The number of hydrogen-bond donors (Lipinski definition) is 1. The number of phenolic OH excluding ortho intramolecular Hbond substituents is 1. The maximum Gasteiger partial charge on any atom is 0.219 e. The van der Waals surface area contributed by atoms with Gasteiger partial charge in [-0.25, -0.2) is 9.37 Å². The number of aromatic nitrogens is 1. The lowest BCUT2D eigenvalue weighted by Crippen LogP contribution is -1.89. The van der Waals surface area contributed by atoms with Crippen LogP contribution >= 0.6 is 11.3 Å². The molecule has 1 N–H and O–H groups in total. The molecule has 0 saturated heterocycles. The fourth-order valence-electron chi connectivity index (χ4n) is 1.71. The van der Waals surface area contributed by atoms with E-state index in [0.717, 1.165) is 16.6 Å². The van der Waals surface area contributed by atoms with Crippen LogP contribution in [-0.2, 0) is 0 Å². The molecule has 100 valence electrons. The van der Waals surface area contributed by atoms with Crippen LogP contribution in [0.2, 0.25) is 0 Å². The van der Waals surface area contributed by atoms with Crippen molar-refractivity contribution in [2.75, 3.05) is 0 Å². The molecule has 5 heteroatoms. The third-order valence-electron chi connectivity index (χ3n) is 2.64. The summed E-state index contributed by atoms with van der Waals surface area (Å²) in [6, 6.07) is 13.2. The number of phenols is 1. The Morgan fingerprint density at radius 3 is 2.75 bits per heavy atom. The topological polar surface area (TPSA) is 42.4 Å². The van der Waals surface area contributed by atoms with Crippen LogP contribution in [0, 0.1) is 5.82 Å². The van der Waals surface area contributed by atoms with Gasteiger partial charge in [0, 0.05) is 12.1 Å². The SMILES string of the molecule is Oc1cc(Oc2cccc(-c3cccs3)n2)ccc1F. The Labute approximate surface area is 118 Å². The Kier molecular flexibility index (Phi) is 3.35. The molecule has 0 amide bonds. The van der Waals surface area contributed by atoms with E-state index in [1.165, 1.54) is 12.1 Å². The van der Waals surface area contributed by atoms with Gasteiger partial charge in [-0.3, -0.25) is 0 Å². The first-order valence-electron chi connectivity index (χ1n) is 5.90. The first-order chi connectivity index (χ1) is 9.72. The van der Waals surface area contributed by atoms with E-state index in [4.69, 9.17) is 4.74 Å². The van der Waals surface area contributed by atoms with Gasteiger partial charge in [0.15, 0.2) is 11.6 Å². The highest BCUT2D eigenvalue weighted by Crippen LogP contribution is 2.28. The van der Waals surface area contributed by atoms with E-state index in [2.05, 4.69) is 4.98 Å². The summed E-state index contributed by atoms with van der Waals surface area (Å²) in [6.07, 6.45) is 0. The van der Waals surface area contributed by atoms with Crippen LogP contribution in [0.4, 0.5) is 4.39 Å². The minimum absolute atomic E-state index is 0.333. The molecule has 3 aromatic rings. The maximum atomic E-state index is 13.0. The van der Waals surface area contributed by atoms with E-state index in [1.807, 2.05) is 29.6 Å². The third-order valence-corrected chi connectivity index (χ3v) is 3.53. The molecular weight excluding hydrogens is 277 g/mol. The van der Waals surface area contributed by atoms with Gasteiger partial charge in [-0.2, -0.15) is 0 Å². The lowest BCUT2D eigenvalue weighted by atomic mass is 10.3. The second-order valence-electron chi connectivity index (χ2n) is 4.05. The lowest BCUT2D eigenvalue weighted by molar-refractivity contribution is 0.418. The molecule has 2 aromatic heterocycles. The van der Waals surface area contributed by atoms with Crippen molar-refractivity contribution in [3.05, 3.63) is 59.7 Å². The first kappa shape index (κ1) is 12.6. The summed E-state index contributed by atoms with van der Waals surface area (Å²) in [5.74, 6) is -0.406. The predicted octanol–water partition coefficient (Wildman–Crippen LogP) is 4.45. The van der Waals surface area contributed by atoms with Crippen molar-refractivity contribution >= 4 is 11.3 Å². The number of benzene rings is 1. The molecule has 1 aromatic carbocycles. The summed E-state index contributed by atoms with van der Waals surface area (Å²) in [5.41, 5.74) is 0.809. The Balaban J connectivity index is 1.87. The van der Waals surface area contributed by atoms with Crippen molar-refractivity contribution in [1.82, 2.24) is 4.98 Å². The molecule has 0 radical (unpaired) electrons. The van der Waals surface area contributed by atoms with E-state index >= 15 is 0 Å². The van der Waals surface area contributed by atoms with Crippen LogP contribution < -0.4 is 4.74 Å². The van der Waals surface area contributed by atoms with Crippen molar-refractivity contribution in [2.24, 2.45) is 0 Å². The minimum atomic E-state index is -0.683. The van der Waals surface area contributed by atoms with Crippen LogP contribution in [0.5, 0.6) is 17.4 Å². The van der Waals surface area contributed by atoms with Gasteiger partial charge in [0.1, 0.15) is 5.75 Å². The van der Waals surface area contributed by atoms with Crippen molar-refractivity contribution in [2.45, 2.75) is 0 Å². The average Bonchev–Trinajstić information content (AvgIpc) is 2.97. The van der Waals surface area contributed by atoms with Gasteiger partial charge < -0.3 is 9.84 Å². The molecule has 0 bridgehead atoms. The van der Waals surface area contributed by atoms with E-state index in [0.29, 0.717) is 11.6 Å². The molecule has 2 heterocycles. The van der Waals surface area contributed by atoms with Crippen molar-refractivity contribution in [3.63, 3.8) is 0 Å². The lowest BCUT2D eigenvalue weighted by Gasteiger charge is -2.06. The van der Waals surface area contributed by atoms with Crippen LogP contribution in [-0.4, -0.2) is 10.1 Å². The number of hydrogen-bond acceptors (Lipinski definition) is 4. The van der Waals surface area contributed by atoms with Gasteiger partial charge in [0.25, 0.3) is 0 Å². The summed E-state index contributed by atoms with van der Waals surface area (Å²) in [4.78, 5) is 5.41. The number of pyridine rings is 1. The number of halogens is 1. The summed E-state index contributed by atoms with van der Waals surface area (Å²) < 4.78 is 18.5. The maximum absolute atomic E-state index is 13.0. The molecule has 0 aliphatic rings. The fraction of sp³-hybridized carbons (Fsp3) is 0. The average molecular weight is 287 g/mol. The normalized spacial score (nSPS) is 10.4. The predicted molar refractivity (Wildman–Crippen MR) is 75.7 cm³/mol. The zero-order valence-corrected chi connectivity index (χ0v) is 11.1. The van der Waals surface area contributed by atoms with Crippen molar-refractivity contribution < 1.29 is 14.2 Å². The molecule has 0 fully saturated rings. The van der Waals surface area contributed by atoms with E-state index in [-0.39, 0.29) is 0 Å². The molecule has 20 heavy (non-hydrogen) atoms. The van der Waals surface area contributed by atoms with Gasteiger partial charge in [-0.15, -0.1) is 11.3 Å². The largest absolute Gasteiger partial charge is 0.505 e. The number of ether oxygens (including phenoxy) is 1. The zero-order chi connectivity index (χ0) is 13.9. The van der Waals surface area contributed by atoms with Crippen LogP contribution in [0.1, 0.15) is 0 Å². The minimum Gasteiger partial charge on any atom is -0.505 e. The van der Waals surface area contributed by atoms with Crippen molar-refractivity contribution in [3.8, 4) is 28.0 Å². The Bertz CT molecular complexity index is 728. The smallest absolute Gasteiger partial charge is 0.219 e. The molecule has 0 aliphatic heterocycles. The molecule has 3 nitrogen and oxygen atoms in total. The van der Waals surface area contributed by atoms with E-state index in [9.17, 15) is 9.50 Å². The highest BCUT2D eigenvalue weighted by atomic mass is 32.1. The Hall–Kier alpha value is -2.40. The van der Waals surface area contributed by atoms with Crippen LogP contribution in [0.15, 0.2) is 53.9 Å². The van der Waals surface area contributed by atoms with Gasteiger partial charge in [-0.1, -0.05) is 12.1 Å². The number of thiophene rings is 1. The number of nitrogens with zero attached hydrogens (tertiary/aromatic N) is 1. The number of aromatic hydroxyl groups is 1. The van der Waals surface area contributed by atoms with E-state index in [1.54, 1.807) is 17.4 Å². The standard InChI is InChI=1S/C15H10FNO2S/c16-11-7-6-10(9-13(11)18)19-15-5-1-3-12(17-15)14-4-2-8-20-14/h1-9,18H. The highest BCUT2D eigenvalue weighted by molar-refractivity contribution is 7.13. The quantitative estimate of drug-likeness (QED) is 0.774. The van der Waals surface area contributed by atoms with E-state index < -0.39 is 11.6 Å². The molecule has 3 rings (SSSR count). The molecule has 0 unspecified atom stereocenters. The van der Waals surface area contributed by atoms with Gasteiger partial charge >= 0.3 is 0 Å². The second kappa shape index (κ2) is 5.30. The molecule has 0 spiro atoms. The van der Waals surface area contributed by atoms with Gasteiger partial charge in [0.2, 0.25) is 5.88 Å². The highest BCUT2D eigenvalue weighted by Gasteiger charge is 2.06. The third kappa shape index (κ3) is 2.62. The first-order valence-corrected chi connectivity index (χ1v) is 6.77. The van der Waals surface area contributed by atoms with Gasteiger partial charge in [0.05, 0.1) is 10.6 Å². The summed E-state index contributed by atoms with van der Waals surface area (Å²) in [6.45, 7) is 0. The summed E-state index contributed by atoms with van der Waals surface area (Å²) in [7, 11) is 0.